The van der Waals surface area contributed by atoms with E-state index in [2.05, 4.69) is 26.2 Å². The molecule has 1 fully saturated rings. The third kappa shape index (κ3) is 4.65. The number of esters is 1. The van der Waals surface area contributed by atoms with Gasteiger partial charge in [0.25, 0.3) is 0 Å². The van der Waals surface area contributed by atoms with E-state index < -0.39 is 17.2 Å². The molecule has 1 saturated heterocycles. The molecule has 5 rings (SSSR count). The van der Waals surface area contributed by atoms with E-state index in [0.717, 1.165) is 30.4 Å². The second kappa shape index (κ2) is 9.78. The lowest BCUT2D eigenvalue weighted by Gasteiger charge is -2.29. The number of ether oxygens (including phenoxy) is 1. The molecule has 0 saturated carbocycles. The number of carbonyl (C=O) groups is 1. The van der Waals surface area contributed by atoms with Crippen LogP contribution in [0.15, 0.2) is 42.5 Å². The maximum atomic E-state index is 15.4. The molecule has 0 aliphatic carbocycles. The van der Waals surface area contributed by atoms with Crippen molar-refractivity contribution in [1.82, 2.24) is 15.2 Å². The smallest absolute Gasteiger partial charge is 0.316 e. The van der Waals surface area contributed by atoms with Gasteiger partial charge in [-0.15, -0.1) is 0 Å². The number of benzene rings is 2. The molecule has 9 heteroatoms. The monoisotopic (exact) mass is 512 g/mol. The van der Waals surface area contributed by atoms with Crippen LogP contribution in [0.2, 0.25) is 0 Å². The number of piperidine rings is 1. The Balaban J connectivity index is 1.61. The number of nitrogen functional groups attached to an aromatic ring is 1. The van der Waals surface area contributed by atoms with Crippen LogP contribution in [0.3, 0.4) is 0 Å². The Morgan fingerprint density at radius 1 is 1.13 bits per heavy atom. The van der Waals surface area contributed by atoms with Gasteiger partial charge >= 0.3 is 5.97 Å². The van der Waals surface area contributed by atoms with Crippen molar-refractivity contribution in [3.8, 4) is 34.2 Å². The number of nitriles is 1. The molecule has 38 heavy (non-hydrogen) atoms. The second-order valence-electron chi connectivity index (χ2n) is 10.5. The van der Waals surface area contributed by atoms with Gasteiger partial charge in [0.05, 0.1) is 22.1 Å². The van der Waals surface area contributed by atoms with E-state index in [9.17, 15) is 10.1 Å². The fraction of sp³-hybridized carbons (Fsp3) is 0.310. The van der Waals surface area contributed by atoms with Gasteiger partial charge in [-0.2, -0.15) is 10.4 Å². The maximum absolute atomic E-state index is 15.4. The molecule has 0 atom stereocenters. The summed E-state index contributed by atoms with van der Waals surface area (Å²) in [6.07, 6.45) is 3.58. The topological polar surface area (TPSA) is 121 Å². The minimum atomic E-state index is -0.742. The average Bonchev–Trinajstić information content (AvgIpc) is 3.28. The lowest BCUT2D eigenvalue weighted by Crippen LogP contribution is -2.29. The molecule has 194 valence electrons. The van der Waals surface area contributed by atoms with Crippen molar-refractivity contribution in [2.45, 2.75) is 40.0 Å². The number of fused-ring (bicyclic) bond motifs is 1. The molecule has 0 spiro atoms. The minimum Gasteiger partial charge on any atom is -0.426 e. The zero-order valence-electron chi connectivity index (χ0n) is 21.6. The highest BCUT2D eigenvalue weighted by Crippen LogP contribution is 2.40. The molecule has 0 unspecified atom stereocenters. The molecule has 0 radical (unpaired) electrons. The van der Waals surface area contributed by atoms with E-state index in [4.69, 9.17) is 10.5 Å². The van der Waals surface area contributed by atoms with Gasteiger partial charge in [-0.3, -0.25) is 9.89 Å². The number of anilines is 2. The SMILES string of the molecule is CC(C)(C)C(=O)Oc1ccc(-c2nc3n[nH]c(N)c3c(-c3ccc(N4CCCCC4)cc3)c2C#N)c(F)c1. The summed E-state index contributed by atoms with van der Waals surface area (Å²) < 4.78 is 20.7. The number of nitrogens with zero attached hydrogens (tertiary/aromatic N) is 4. The van der Waals surface area contributed by atoms with Crippen LogP contribution in [0.25, 0.3) is 33.4 Å². The van der Waals surface area contributed by atoms with Gasteiger partial charge in [0.15, 0.2) is 5.65 Å². The van der Waals surface area contributed by atoms with Crippen molar-refractivity contribution in [2.24, 2.45) is 5.41 Å². The third-order valence-electron chi connectivity index (χ3n) is 6.74. The Bertz CT molecular complexity index is 1560. The van der Waals surface area contributed by atoms with E-state index in [0.29, 0.717) is 10.9 Å². The first-order chi connectivity index (χ1) is 18.2. The number of nitrogens with one attached hydrogen (secondary N) is 1. The summed E-state index contributed by atoms with van der Waals surface area (Å²) in [5, 5.41) is 17.7. The predicted molar refractivity (Wildman–Crippen MR) is 145 cm³/mol. The molecule has 2 aromatic heterocycles. The summed E-state index contributed by atoms with van der Waals surface area (Å²) in [7, 11) is 0. The van der Waals surface area contributed by atoms with Crippen molar-refractivity contribution in [2.75, 3.05) is 23.7 Å². The molecule has 2 aromatic carbocycles. The van der Waals surface area contributed by atoms with Gasteiger partial charge in [-0.25, -0.2) is 9.37 Å². The number of pyridine rings is 1. The lowest BCUT2D eigenvalue weighted by atomic mass is 9.93. The van der Waals surface area contributed by atoms with Gasteiger partial charge in [0.2, 0.25) is 0 Å². The number of halogens is 1. The Morgan fingerprint density at radius 2 is 1.84 bits per heavy atom. The molecule has 3 heterocycles. The number of aromatic nitrogens is 3. The molecule has 1 aliphatic rings. The fourth-order valence-corrected chi connectivity index (χ4v) is 4.67. The molecular weight excluding hydrogens is 483 g/mol. The Morgan fingerprint density at radius 3 is 2.47 bits per heavy atom. The van der Waals surface area contributed by atoms with Crippen LogP contribution in [0.5, 0.6) is 5.75 Å². The minimum absolute atomic E-state index is 0.0725. The quantitative estimate of drug-likeness (QED) is 0.261. The first-order valence-electron chi connectivity index (χ1n) is 12.6. The average molecular weight is 513 g/mol. The van der Waals surface area contributed by atoms with Crippen LogP contribution >= 0.6 is 0 Å². The molecule has 3 N–H and O–H groups in total. The van der Waals surface area contributed by atoms with Crippen molar-refractivity contribution >= 4 is 28.5 Å². The molecule has 0 bridgehead atoms. The summed E-state index contributed by atoms with van der Waals surface area (Å²) >= 11 is 0. The molecular formula is C29H29FN6O2. The summed E-state index contributed by atoms with van der Waals surface area (Å²) in [5.41, 5.74) is 8.53. The lowest BCUT2D eigenvalue weighted by molar-refractivity contribution is -0.143. The summed E-state index contributed by atoms with van der Waals surface area (Å²) in [4.78, 5) is 19.1. The van der Waals surface area contributed by atoms with Crippen molar-refractivity contribution in [3.05, 3.63) is 53.8 Å². The highest BCUT2D eigenvalue weighted by Gasteiger charge is 2.26. The zero-order chi connectivity index (χ0) is 27.0. The van der Waals surface area contributed by atoms with Crippen molar-refractivity contribution in [3.63, 3.8) is 0 Å². The second-order valence-corrected chi connectivity index (χ2v) is 10.5. The predicted octanol–water partition coefficient (Wildman–Crippen LogP) is 5.83. The maximum Gasteiger partial charge on any atom is 0.316 e. The van der Waals surface area contributed by atoms with E-state index >= 15 is 4.39 Å². The van der Waals surface area contributed by atoms with Gasteiger partial charge in [-0.1, -0.05) is 12.1 Å². The largest absolute Gasteiger partial charge is 0.426 e. The number of carbonyl (C=O) groups excluding carboxylic acids is 1. The van der Waals surface area contributed by atoms with E-state index in [-0.39, 0.29) is 34.0 Å². The number of hydrogen-bond acceptors (Lipinski definition) is 7. The normalized spacial score (nSPS) is 13.9. The standard InChI is InChI=1S/C29H29FN6O2/c1-29(2,3)28(37)38-19-11-12-20(22(30)15-19)25-21(16-31)23(24-26(32)34-35-27(24)33-25)17-7-9-18(10-8-17)36-13-5-4-6-14-36/h7-12,15H,4-6,13-14H2,1-3H3,(H3,32,33,34,35). The highest BCUT2D eigenvalue weighted by molar-refractivity contribution is 6.04. The van der Waals surface area contributed by atoms with Crippen molar-refractivity contribution in [1.29, 1.82) is 5.26 Å². The van der Waals surface area contributed by atoms with Gasteiger partial charge in [0, 0.05) is 36.0 Å². The summed E-state index contributed by atoms with van der Waals surface area (Å²) in [5.74, 6) is -0.814. The van der Waals surface area contributed by atoms with E-state index in [1.54, 1.807) is 20.8 Å². The van der Waals surface area contributed by atoms with Gasteiger partial charge < -0.3 is 15.4 Å². The molecule has 4 aromatic rings. The number of aromatic amines is 1. The summed E-state index contributed by atoms with van der Waals surface area (Å²) in [6, 6.07) is 14.2. The van der Waals surface area contributed by atoms with Crippen molar-refractivity contribution < 1.29 is 13.9 Å². The Labute approximate surface area is 220 Å². The van der Waals surface area contributed by atoms with Crippen LogP contribution in [0.1, 0.15) is 45.6 Å². The molecule has 1 aliphatic heterocycles. The zero-order valence-corrected chi connectivity index (χ0v) is 21.6. The van der Waals surface area contributed by atoms with Crippen LogP contribution in [0, 0.1) is 22.6 Å². The first-order valence-corrected chi connectivity index (χ1v) is 12.6. The molecule has 0 amide bonds. The van der Waals surface area contributed by atoms with Crippen LogP contribution in [-0.4, -0.2) is 34.2 Å². The van der Waals surface area contributed by atoms with Gasteiger partial charge in [-0.05, 0) is 69.9 Å². The van der Waals surface area contributed by atoms with E-state index in [1.807, 2.05) is 24.3 Å². The number of nitrogens with two attached hydrogens (primary N) is 1. The van der Waals surface area contributed by atoms with Crippen LogP contribution in [-0.2, 0) is 4.79 Å². The Hall–Kier alpha value is -4.45. The fourth-order valence-electron chi connectivity index (χ4n) is 4.67. The Kier molecular flexibility index (Phi) is 6.49. The number of hydrogen-bond donors (Lipinski definition) is 2. The van der Waals surface area contributed by atoms with Gasteiger partial charge in [0.1, 0.15) is 23.5 Å². The van der Waals surface area contributed by atoms with E-state index in [1.165, 1.54) is 31.4 Å². The summed E-state index contributed by atoms with van der Waals surface area (Å²) in [6.45, 7) is 7.18. The molecule has 8 nitrogen and oxygen atoms in total. The first kappa shape index (κ1) is 25.2. The third-order valence-corrected chi connectivity index (χ3v) is 6.74. The number of H-pyrrole nitrogens is 1. The van der Waals surface area contributed by atoms with Crippen LogP contribution in [0.4, 0.5) is 15.9 Å². The van der Waals surface area contributed by atoms with Crippen LogP contribution < -0.4 is 15.4 Å². The number of rotatable bonds is 4. The highest BCUT2D eigenvalue weighted by atomic mass is 19.1.